The molecule has 0 saturated heterocycles. The van der Waals surface area contributed by atoms with Crippen LogP contribution in [-0.2, 0) is 5.75 Å². The second kappa shape index (κ2) is 9.20. The van der Waals surface area contributed by atoms with Crippen molar-refractivity contribution in [3.8, 4) is 10.4 Å². The fourth-order valence-electron chi connectivity index (χ4n) is 3.40. The van der Waals surface area contributed by atoms with E-state index >= 15 is 0 Å². The number of fused-ring (bicyclic) bond motifs is 1. The molecular weight excluding hydrogens is 456 g/mol. The Bertz CT molecular complexity index is 1390. The van der Waals surface area contributed by atoms with E-state index in [0.717, 1.165) is 25.5 Å². The van der Waals surface area contributed by atoms with Gasteiger partial charge in [0, 0.05) is 5.75 Å². The van der Waals surface area contributed by atoms with Crippen molar-refractivity contribution in [1.82, 2.24) is 15.2 Å². The second-order valence-electron chi connectivity index (χ2n) is 7.03. The molecule has 0 atom stereocenters. The van der Waals surface area contributed by atoms with Crippen LogP contribution >= 0.6 is 34.4 Å². The molecule has 0 radical (unpaired) electrons. The first-order valence-electron chi connectivity index (χ1n) is 9.94. The Kier molecular flexibility index (Phi) is 5.98. The SMILES string of the molecule is Cc1nc(C(=O)Nc2nnc(SCc3cccc4ccccc34)s2)c(-c2ccccc2)s1. The number of thiazole rings is 1. The molecule has 1 N–H and O–H groups in total. The fourth-order valence-corrected chi connectivity index (χ4v) is 6.07. The lowest BCUT2D eigenvalue weighted by Crippen LogP contribution is -2.13. The third-order valence-electron chi connectivity index (χ3n) is 4.84. The van der Waals surface area contributed by atoms with Gasteiger partial charge in [0.2, 0.25) is 5.13 Å². The molecule has 0 unspecified atom stereocenters. The van der Waals surface area contributed by atoms with Crippen LogP contribution in [0.4, 0.5) is 5.13 Å². The number of hydrogen-bond acceptors (Lipinski definition) is 7. The zero-order valence-electron chi connectivity index (χ0n) is 17.1. The van der Waals surface area contributed by atoms with E-state index in [0.29, 0.717) is 10.8 Å². The molecule has 158 valence electrons. The number of thioether (sulfide) groups is 1. The van der Waals surface area contributed by atoms with Crippen LogP contribution in [0.25, 0.3) is 21.2 Å². The monoisotopic (exact) mass is 474 g/mol. The molecule has 0 aliphatic rings. The van der Waals surface area contributed by atoms with Crippen molar-refractivity contribution in [2.24, 2.45) is 0 Å². The maximum absolute atomic E-state index is 12.9. The summed E-state index contributed by atoms with van der Waals surface area (Å²) >= 11 is 4.50. The average Bonchev–Trinajstić information content (AvgIpc) is 3.44. The van der Waals surface area contributed by atoms with Crippen molar-refractivity contribution in [3.05, 3.63) is 89.1 Å². The molecule has 32 heavy (non-hydrogen) atoms. The maximum Gasteiger partial charge on any atom is 0.277 e. The predicted octanol–water partition coefficient (Wildman–Crippen LogP) is 6.67. The molecular formula is C24H18N4OS3. The third kappa shape index (κ3) is 4.43. The largest absolute Gasteiger partial charge is 0.295 e. The van der Waals surface area contributed by atoms with Gasteiger partial charge in [0.15, 0.2) is 4.34 Å². The van der Waals surface area contributed by atoms with Crippen LogP contribution < -0.4 is 5.32 Å². The molecule has 0 aliphatic heterocycles. The molecule has 3 aromatic carbocycles. The van der Waals surface area contributed by atoms with Gasteiger partial charge in [-0.05, 0) is 28.8 Å². The molecule has 5 aromatic rings. The molecule has 8 heteroatoms. The molecule has 0 spiro atoms. The Labute approximate surface area is 197 Å². The van der Waals surface area contributed by atoms with Crippen molar-refractivity contribution >= 4 is 56.2 Å². The number of anilines is 1. The average molecular weight is 475 g/mol. The topological polar surface area (TPSA) is 67.8 Å². The lowest BCUT2D eigenvalue weighted by atomic mass is 10.1. The van der Waals surface area contributed by atoms with Gasteiger partial charge in [-0.3, -0.25) is 10.1 Å². The number of aromatic nitrogens is 3. The van der Waals surface area contributed by atoms with Crippen molar-refractivity contribution in [3.63, 3.8) is 0 Å². The van der Waals surface area contributed by atoms with Crippen molar-refractivity contribution in [2.75, 3.05) is 5.32 Å². The molecule has 2 heterocycles. The van der Waals surface area contributed by atoms with Crippen molar-refractivity contribution in [2.45, 2.75) is 17.0 Å². The number of hydrogen-bond donors (Lipinski definition) is 1. The summed E-state index contributed by atoms with van der Waals surface area (Å²) in [6.07, 6.45) is 0. The van der Waals surface area contributed by atoms with Crippen molar-refractivity contribution in [1.29, 1.82) is 0 Å². The number of benzene rings is 3. The Hall–Kier alpha value is -3.07. The summed E-state index contributed by atoms with van der Waals surface area (Å²) in [7, 11) is 0. The van der Waals surface area contributed by atoms with Crippen LogP contribution in [0.3, 0.4) is 0 Å². The first kappa shape index (κ1) is 20.8. The number of amides is 1. The number of nitrogens with zero attached hydrogens (tertiary/aromatic N) is 3. The highest BCUT2D eigenvalue weighted by molar-refractivity contribution is 8.00. The number of aryl methyl sites for hydroxylation is 1. The Morgan fingerprint density at radius 3 is 2.59 bits per heavy atom. The number of carbonyl (C=O) groups excluding carboxylic acids is 1. The van der Waals surface area contributed by atoms with Crippen molar-refractivity contribution < 1.29 is 4.79 Å². The molecule has 0 fully saturated rings. The van der Waals surface area contributed by atoms with E-state index in [1.54, 1.807) is 11.8 Å². The van der Waals surface area contributed by atoms with Gasteiger partial charge in [0.1, 0.15) is 5.69 Å². The fraction of sp³-hybridized carbons (Fsp3) is 0.0833. The lowest BCUT2D eigenvalue weighted by Gasteiger charge is -2.04. The molecule has 0 aliphatic carbocycles. The smallest absolute Gasteiger partial charge is 0.277 e. The van der Waals surface area contributed by atoms with Crippen LogP contribution in [0.1, 0.15) is 21.1 Å². The van der Waals surface area contributed by atoms with Gasteiger partial charge in [0.05, 0.1) is 9.88 Å². The van der Waals surface area contributed by atoms with Gasteiger partial charge in [-0.15, -0.1) is 21.5 Å². The summed E-state index contributed by atoms with van der Waals surface area (Å²) in [6.45, 7) is 1.90. The summed E-state index contributed by atoms with van der Waals surface area (Å²) < 4.78 is 0.811. The Morgan fingerprint density at radius 1 is 0.938 bits per heavy atom. The van der Waals surface area contributed by atoms with Gasteiger partial charge < -0.3 is 0 Å². The van der Waals surface area contributed by atoms with Crippen LogP contribution in [-0.4, -0.2) is 21.1 Å². The summed E-state index contributed by atoms with van der Waals surface area (Å²) in [5.41, 5.74) is 2.64. The maximum atomic E-state index is 12.9. The van der Waals surface area contributed by atoms with Gasteiger partial charge in [0.25, 0.3) is 5.91 Å². The van der Waals surface area contributed by atoms with E-state index in [-0.39, 0.29) is 5.91 Å². The number of carbonyl (C=O) groups is 1. The standard InChI is InChI=1S/C24H18N4OS3/c1-15-25-20(21(31-15)17-9-3-2-4-10-17)22(29)26-23-27-28-24(32-23)30-14-18-12-7-11-16-8-5-6-13-19(16)18/h2-13H,14H2,1H3,(H,26,27,29). The van der Waals surface area contributed by atoms with Crippen LogP contribution in [0.5, 0.6) is 0 Å². The minimum absolute atomic E-state index is 0.269. The minimum atomic E-state index is -0.269. The highest BCUT2D eigenvalue weighted by atomic mass is 32.2. The predicted molar refractivity (Wildman–Crippen MR) is 134 cm³/mol. The highest BCUT2D eigenvalue weighted by Crippen LogP contribution is 2.33. The first-order chi connectivity index (χ1) is 15.7. The van der Waals surface area contributed by atoms with E-state index in [1.807, 2.05) is 43.3 Å². The Balaban J connectivity index is 1.29. The van der Waals surface area contributed by atoms with E-state index in [9.17, 15) is 4.79 Å². The van der Waals surface area contributed by atoms with Crippen LogP contribution in [0.2, 0.25) is 0 Å². The zero-order valence-corrected chi connectivity index (χ0v) is 19.6. The molecule has 2 aromatic heterocycles. The molecule has 0 saturated carbocycles. The second-order valence-corrected chi connectivity index (χ2v) is 10.4. The first-order valence-corrected chi connectivity index (χ1v) is 12.6. The van der Waals surface area contributed by atoms with E-state index < -0.39 is 0 Å². The quantitative estimate of drug-likeness (QED) is 0.220. The molecule has 1 amide bonds. The minimum Gasteiger partial charge on any atom is -0.295 e. The summed E-state index contributed by atoms with van der Waals surface area (Å²) in [5.74, 6) is 0.517. The van der Waals surface area contributed by atoms with Crippen LogP contribution in [0.15, 0.2) is 77.1 Å². The van der Waals surface area contributed by atoms with Crippen LogP contribution in [0, 0.1) is 6.92 Å². The summed E-state index contributed by atoms with van der Waals surface area (Å²) in [6, 6.07) is 24.5. The molecule has 5 rings (SSSR count). The van der Waals surface area contributed by atoms with E-state index in [4.69, 9.17) is 0 Å². The van der Waals surface area contributed by atoms with E-state index in [1.165, 1.54) is 39.0 Å². The highest BCUT2D eigenvalue weighted by Gasteiger charge is 2.20. The van der Waals surface area contributed by atoms with Gasteiger partial charge in [-0.25, -0.2) is 4.98 Å². The summed E-state index contributed by atoms with van der Waals surface area (Å²) in [5, 5.41) is 15.1. The zero-order chi connectivity index (χ0) is 21.9. The number of rotatable bonds is 6. The summed E-state index contributed by atoms with van der Waals surface area (Å²) in [4.78, 5) is 18.2. The normalized spacial score (nSPS) is 11.0. The molecule has 0 bridgehead atoms. The Morgan fingerprint density at radius 2 is 1.72 bits per heavy atom. The van der Waals surface area contributed by atoms with E-state index in [2.05, 4.69) is 56.9 Å². The number of nitrogens with one attached hydrogen (secondary N) is 1. The molecule has 5 nitrogen and oxygen atoms in total. The third-order valence-corrected chi connectivity index (χ3v) is 7.88. The van der Waals surface area contributed by atoms with Gasteiger partial charge in [-0.1, -0.05) is 95.9 Å². The van der Waals surface area contributed by atoms with Gasteiger partial charge in [-0.2, -0.15) is 0 Å². The van der Waals surface area contributed by atoms with Gasteiger partial charge >= 0.3 is 0 Å². The lowest BCUT2D eigenvalue weighted by molar-refractivity contribution is 0.102.